The molecule has 0 fully saturated rings. The van der Waals surface area contributed by atoms with Gasteiger partial charge in [0.05, 0.1) is 0 Å². The number of benzene rings is 10. The average molecular weight is 753 g/mol. The Kier molecular flexibility index (Phi) is 6.54. The minimum absolute atomic E-state index is 0.201. The molecule has 2 aromatic heterocycles. The van der Waals surface area contributed by atoms with E-state index in [1.54, 1.807) is 0 Å². The summed E-state index contributed by atoms with van der Waals surface area (Å²) in [5, 5.41) is 12.0. The Bertz CT molecular complexity index is 3690. The Morgan fingerprint density at radius 1 is 0.322 bits per heavy atom. The molecule has 0 atom stereocenters. The molecular formula is C57H36O2. The van der Waals surface area contributed by atoms with Gasteiger partial charge in [-0.2, -0.15) is 0 Å². The zero-order chi connectivity index (χ0) is 39.0. The summed E-state index contributed by atoms with van der Waals surface area (Å²) in [6, 6.07) is 66.4. The number of rotatable bonds is 3. The summed E-state index contributed by atoms with van der Waals surface area (Å²) in [6.07, 6.45) is 0. The van der Waals surface area contributed by atoms with Gasteiger partial charge in [-0.05, 0) is 125 Å². The van der Waals surface area contributed by atoms with Gasteiger partial charge in [0.25, 0.3) is 0 Å². The first-order valence-corrected chi connectivity index (χ1v) is 20.5. The first-order valence-electron chi connectivity index (χ1n) is 20.5. The van der Waals surface area contributed by atoms with Crippen molar-refractivity contribution in [3.63, 3.8) is 0 Å². The lowest BCUT2D eigenvalue weighted by Gasteiger charge is -2.23. The van der Waals surface area contributed by atoms with Crippen LogP contribution in [0.25, 0.3) is 121 Å². The van der Waals surface area contributed by atoms with Crippen molar-refractivity contribution in [3.8, 4) is 44.5 Å². The van der Waals surface area contributed by atoms with Crippen LogP contribution in [0, 0.1) is 0 Å². The molecule has 10 aromatic carbocycles. The van der Waals surface area contributed by atoms with Gasteiger partial charge in [0, 0.05) is 32.3 Å². The molecule has 276 valence electrons. The van der Waals surface area contributed by atoms with Crippen molar-refractivity contribution in [2.24, 2.45) is 0 Å². The Morgan fingerprint density at radius 3 is 1.44 bits per heavy atom. The van der Waals surface area contributed by atoms with Crippen LogP contribution in [0.4, 0.5) is 0 Å². The molecule has 0 bridgehead atoms. The highest BCUT2D eigenvalue weighted by molar-refractivity contribution is 6.31. The number of furan rings is 2. The quantitative estimate of drug-likeness (QED) is 0.168. The van der Waals surface area contributed by atoms with E-state index >= 15 is 0 Å². The van der Waals surface area contributed by atoms with Gasteiger partial charge in [-0.15, -0.1) is 0 Å². The lowest BCUT2D eigenvalue weighted by atomic mass is 9.80. The maximum Gasteiger partial charge on any atom is 0.136 e. The fourth-order valence-corrected chi connectivity index (χ4v) is 10.5. The van der Waals surface area contributed by atoms with E-state index in [0.29, 0.717) is 0 Å². The van der Waals surface area contributed by atoms with E-state index in [-0.39, 0.29) is 5.41 Å². The summed E-state index contributed by atoms with van der Waals surface area (Å²) in [5.41, 5.74) is 16.1. The van der Waals surface area contributed by atoms with Crippen molar-refractivity contribution in [1.29, 1.82) is 0 Å². The molecule has 0 aliphatic heterocycles. The van der Waals surface area contributed by atoms with Crippen LogP contribution < -0.4 is 0 Å². The smallest absolute Gasteiger partial charge is 0.136 e. The highest BCUT2D eigenvalue weighted by atomic mass is 16.3. The lowest BCUT2D eigenvalue weighted by Crippen LogP contribution is -2.15. The third-order valence-corrected chi connectivity index (χ3v) is 13.2. The van der Waals surface area contributed by atoms with Crippen LogP contribution in [-0.2, 0) is 5.41 Å². The third kappa shape index (κ3) is 4.52. The number of hydrogen-bond donors (Lipinski definition) is 0. The number of fused-ring (bicyclic) bond motifs is 14. The van der Waals surface area contributed by atoms with Crippen LogP contribution in [0.2, 0.25) is 0 Å². The second-order valence-corrected chi connectivity index (χ2v) is 16.7. The van der Waals surface area contributed by atoms with Gasteiger partial charge in [0.15, 0.2) is 0 Å². The molecule has 12 aromatic rings. The normalized spacial score (nSPS) is 13.4. The van der Waals surface area contributed by atoms with Crippen molar-refractivity contribution >= 4 is 76.2 Å². The molecular weight excluding hydrogens is 717 g/mol. The van der Waals surface area contributed by atoms with E-state index in [1.807, 2.05) is 12.1 Å². The van der Waals surface area contributed by atoms with Crippen molar-refractivity contribution in [3.05, 3.63) is 193 Å². The first kappa shape index (κ1) is 32.6. The zero-order valence-corrected chi connectivity index (χ0v) is 32.6. The molecule has 0 radical (unpaired) electrons. The summed E-state index contributed by atoms with van der Waals surface area (Å²) in [7, 11) is 0. The molecule has 1 aliphatic rings. The molecule has 2 nitrogen and oxygen atoms in total. The topological polar surface area (TPSA) is 26.3 Å². The highest BCUT2D eigenvalue weighted by Gasteiger charge is 2.36. The Balaban J connectivity index is 0.938. The standard InChI is InChI=1S/C57H36O2/c1-57(2)46-30-35(36-21-27-45-51(32-36)59-50-29-24-34-23-28-49-55(54(34)56(45)50)44-18-10-11-19-48(44)58-49)20-25-38(46)39-26-22-37(31-47(39)57)53-42-16-8-6-14-40(42)52(33-12-4-3-5-13-33)41-15-7-9-17-43(41)53/h3-32H,1-2H3. The molecule has 0 spiro atoms. The predicted molar refractivity (Wildman–Crippen MR) is 247 cm³/mol. The summed E-state index contributed by atoms with van der Waals surface area (Å²) >= 11 is 0. The summed E-state index contributed by atoms with van der Waals surface area (Å²) in [5.74, 6) is 0. The second kappa shape index (κ2) is 11.8. The van der Waals surface area contributed by atoms with Gasteiger partial charge in [0.1, 0.15) is 22.3 Å². The summed E-state index contributed by atoms with van der Waals surface area (Å²) in [4.78, 5) is 0. The third-order valence-electron chi connectivity index (χ3n) is 13.2. The number of hydrogen-bond acceptors (Lipinski definition) is 2. The van der Waals surface area contributed by atoms with Crippen LogP contribution in [0.3, 0.4) is 0 Å². The van der Waals surface area contributed by atoms with Crippen LogP contribution in [0.1, 0.15) is 25.0 Å². The molecule has 0 saturated heterocycles. The minimum atomic E-state index is -0.201. The molecule has 0 saturated carbocycles. The Labute approximate surface area is 340 Å². The zero-order valence-electron chi connectivity index (χ0n) is 32.6. The van der Waals surface area contributed by atoms with Crippen LogP contribution in [-0.4, -0.2) is 0 Å². The van der Waals surface area contributed by atoms with Crippen molar-refractivity contribution < 1.29 is 8.83 Å². The average Bonchev–Trinajstić information content (AvgIpc) is 3.92. The van der Waals surface area contributed by atoms with Crippen molar-refractivity contribution in [2.75, 3.05) is 0 Å². The van der Waals surface area contributed by atoms with Crippen molar-refractivity contribution in [1.82, 2.24) is 0 Å². The summed E-state index contributed by atoms with van der Waals surface area (Å²) < 4.78 is 13.0. The van der Waals surface area contributed by atoms with E-state index in [0.717, 1.165) is 49.4 Å². The molecule has 0 amide bonds. The lowest BCUT2D eigenvalue weighted by molar-refractivity contribution is 0.661. The van der Waals surface area contributed by atoms with E-state index < -0.39 is 0 Å². The monoisotopic (exact) mass is 752 g/mol. The second-order valence-electron chi connectivity index (χ2n) is 16.7. The van der Waals surface area contributed by atoms with Crippen LogP contribution >= 0.6 is 0 Å². The molecule has 0 N–H and O–H groups in total. The Morgan fingerprint density at radius 2 is 0.797 bits per heavy atom. The maximum absolute atomic E-state index is 6.66. The van der Waals surface area contributed by atoms with Gasteiger partial charge in [-0.3, -0.25) is 0 Å². The minimum Gasteiger partial charge on any atom is -0.456 e. The molecule has 2 heteroatoms. The van der Waals surface area contributed by atoms with Crippen LogP contribution in [0.5, 0.6) is 0 Å². The largest absolute Gasteiger partial charge is 0.456 e. The summed E-state index contributed by atoms with van der Waals surface area (Å²) in [6.45, 7) is 4.77. The van der Waals surface area contributed by atoms with E-state index in [9.17, 15) is 0 Å². The maximum atomic E-state index is 6.66. The molecule has 59 heavy (non-hydrogen) atoms. The van der Waals surface area contributed by atoms with Gasteiger partial charge in [0.2, 0.25) is 0 Å². The van der Waals surface area contributed by atoms with Gasteiger partial charge >= 0.3 is 0 Å². The van der Waals surface area contributed by atoms with Gasteiger partial charge in [-0.25, -0.2) is 0 Å². The van der Waals surface area contributed by atoms with E-state index in [4.69, 9.17) is 8.83 Å². The van der Waals surface area contributed by atoms with Crippen LogP contribution in [0.15, 0.2) is 191 Å². The first-order chi connectivity index (χ1) is 29.0. The SMILES string of the molecule is CC1(C)c2cc(-c3ccc4c(c3)oc3ccc5ccc6oc7ccccc7c6c5c34)ccc2-c2ccc(-c3c4ccccc4c(-c4ccccc4)c4ccccc34)cc21. The number of para-hydroxylation sites is 1. The van der Waals surface area contributed by atoms with Gasteiger partial charge < -0.3 is 8.83 Å². The molecule has 2 heterocycles. The Hall–Kier alpha value is -7.42. The molecule has 13 rings (SSSR count). The predicted octanol–water partition coefficient (Wildman–Crippen LogP) is 16.3. The van der Waals surface area contributed by atoms with Crippen molar-refractivity contribution in [2.45, 2.75) is 19.3 Å². The fourth-order valence-electron chi connectivity index (χ4n) is 10.5. The van der Waals surface area contributed by atoms with Gasteiger partial charge in [-0.1, -0.05) is 153 Å². The van der Waals surface area contributed by atoms with E-state index in [2.05, 4.69) is 184 Å². The molecule has 1 aliphatic carbocycles. The van der Waals surface area contributed by atoms with E-state index in [1.165, 1.54) is 82.4 Å². The molecule has 0 unspecified atom stereocenters. The fraction of sp³-hybridized carbons (Fsp3) is 0.0526. The highest BCUT2D eigenvalue weighted by Crippen LogP contribution is 2.52.